The van der Waals surface area contributed by atoms with Crippen molar-refractivity contribution in [2.45, 2.75) is 6.54 Å². The Morgan fingerprint density at radius 2 is 2.22 bits per heavy atom. The number of benzene rings is 1. The molecule has 1 aromatic heterocycles. The second-order valence-electron chi connectivity index (χ2n) is 3.55. The van der Waals surface area contributed by atoms with Crippen LogP contribution in [0, 0.1) is 0 Å². The van der Waals surface area contributed by atoms with Crippen molar-refractivity contribution < 1.29 is 19.4 Å². The van der Waals surface area contributed by atoms with E-state index in [0.717, 1.165) is 4.47 Å². The van der Waals surface area contributed by atoms with Crippen LogP contribution in [0.3, 0.4) is 0 Å². The average Bonchev–Trinajstić information content (AvgIpc) is 2.66. The zero-order valence-corrected chi connectivity index (χ0v) is 11.0. The number of carboxylic acid groups (broad SMARTS) is 1. The SMILES string of the molecule is COC(=O)c1nn(CC(=O)O)c2cc(Br)ccc12. The van der Waals surface area contributed by atoms with Gasteiger partial charge in [-0.15, -0.1) is 0 Å². The molecule has 0 radical (unpaired) electrons. The first kappa shape index (κ1) is 12.6. The summed E-state index contributed by atoms with van der Waals surface area (Å²) < 4.78 is 6.65. The van der Waals surface area contributed by atoms with Gasteiger partial charge in [-0.2, -0.15) is 5.10 Å². The number of aliphatic carboxylic acids is 1. The van der Waals surface area contributed by atoms with Crippen LogP contribution in [0.25, 0.3) is 10.9 Å². The van der Waals surface area contributed by atoms with Crippen LogP contribution in [-0.2, 0) is 16.1 Å². The van der Waals surface area contributed by atoms with Crippen molar-refractivity contribution in [1.82, 2.24) is 9.78 Å². The van der Waals surface area contributed by atoms with Crippen molar-refractivity contribution in [1.29, 1.82) is 0 Å². The molecule has 0 saturated heterocycles. The molecule has 7 heteroatoms. The number of nitrogens with zero attached hydrogens (tertiary/aromatic N) is 2. The smallest absolute Gasteiger partial charge is 0.359 e. The van der Waals surface area contributed by atoms with Gasteiger partial charge in [0.05, 0.1) is 12.6 Å². The van der Waals surface area contributed by atoms with Crippen LogP contribution in [-0.4, -0.2) is 33.9 Å². The summed E-state index contributed by atoms with van der Waals surface area (Å²) in [6.07, 6.45) is 0. The number of carbonyl (C=O) groups is 2. The van der Waals surface area contributed by atoms with E-state index >= 15 is 0 Å². The number of methoxy groups -OCH3 is 1. The van der Waals surface area contributed by atoms with Crippen LogP contribution in [0.4, 0.5) is 0 Å². The van der Waals surface area contributed by atoms with Gasteiger partial charge in [0.15, 0.2) is 5.69 Å². The molecule has 0 aliphatic rings. The molecule has 1 aromatic carbocycles. The Morgan fingerprint density at radius 1 is 1.50 bits per heavy atom. The number of rotatable bonds is 3. The molecule has 18 heavy (non-hydrogen) atoms. The summed E-state index contributed by atoms with van der Waals surface area (Å²) in [5.74, 6) is -1.62. The van der Waals surface area contributed by atoms with Gasteiger partial charge in [0.25, 0.3) is 0 Å². The van der Waals surface area contributed by atoms with Gasteiger partial charge < -0.3 is 9.84 Å². The molecule has 0 aliphatic carbocycles. The third-order valence-electron chi connectivity index (χ3n) is 2.38. The van der Waals surface area contributed by atoms with Crippen LogP contribution < -0.4 is 0 Å². The largest absolute Gasteiger partial charge is 0.480 e. The van der Waals surface area contributed by atoms with Crippen LogP contribution in [0.15, 0.2) is 22.7 Å². The van der Waals surface area contributed by atoms with E-state index in [1.807, 2.05) is 0 Å². The highest BCUT2D eigenvalue weighted by Gasteiger charge is 2.18. The minimum absolute atomic E-state index is 0.112. The number of carboxylic acids is 1. The molecule has 1 heterocycles. The van der Waals surface area contributed by atoms with Gasteiger partial charge in [-0.25, -0.2) is 4.79 Å². The lowest BCUT2D eigenvalue weighted by Gasteiger charge is -1.98. The van der Waals surface area contributed by atoms with Gasteiger partial charge in [0.2, 0.25) is 0 Å². The maximum absolute atomic E-state index is 11.6. The molecule has 2 aromatic rings. The normalized spacial score (nSPS) is 10.6. The number of fused-ring (bicyclic) bond motifs is 1. The molecule has 0 aliphatic heterocycles. The minimum atomic E-state index is -1.03. The molecular formula is C11H9BrN2O4. The van der Waals surface area contributed by atoms with E-state index in [1.54, 1.807) is 18.2 Å². The Hall–Kier alpha value is -1.89. The minimum Gasteiger partial charge on any atom is -0.480 e. The number of halogens is 1. The third-order valence-corrected chi connectivity index (χ3v) is 2.87. The van der Waals surface area contributed by atoms with Crippen molar-refractivity contribution in [3.63, 3.8) is 0 Å². The van der Waals surface area contributed by atoms with Crippen LogP contribution >= 0.6 is 15.9 Å². The second kappa shape index (κ2) is 4.77. The summed E-state index contributed by atoms with van der Waals surface area (Å²) in [5, 5.41) is 13.4. The topological polar surface area (TPSA) is 81.4 Å². The van der Waals surface area contributed by atoms with Gasteiger partial charge in [-0.3, -0.25) is 9.48 Å². The number of hydrogen-bond acceptors (Lipinski definition) is 4. The Morgan fingerprint density at radius 3 is 2.83 bits per heavy atom. The first-order chi connectivity index (χ1) is 8.52. The van der Waals surface area contributed by atoms with Crippen molar-refractivity contribution in [2.24, 2.45) is 0 Å². The molecule has 2 rings (SSSR count). The van der Waals surface area contributed by atoms with Crippen molar-refractivity contribution >= 4 is 38.8 Å². The van der Waals surface area contributed by atoms with Crippen molar-refractivity contribution in [3.05, 3.63) is 28.4 Å². The Kier molecular flexibility index (Phi) is 3.33. The number of esters is 1. The maximum atomic E-state index is 11.6. The molecule has 0 spiro atoms. The van der Waals surface area contributed by atoms with Gasteiger partial charge >= 0.3 is 11.9 Å². The fourth-order valence-electron chi connectivity index (χ4n) is 1.64. The summed E-state index contributed by atoms with van der Waals surface area (Å²) in [7, 11) is 1.25. The molecule has 0 saturated carbocycles. The maximum Gasteiger partial charge on any atom is 0.359 e. The number of aromatic nitrogens is 2. The Labute approximate surface area is 110 Å². The molecule has 6 nitrogen and oxygen atoms in total. The molecule has 0 atom stereocenters. The summed E-state index contributed by atoms with van der Waals surface area (Å²) in [6.45, 7) is -0.316. The Bertz CT molecular complexity index is 635. The predicted octanol–water partition coefficient (Wildman–Crippen LogP) is 1.67. The molecular weight excluding hydrogens is 304 g/mol. The zero-order valence-electron chi connectivity index (χ0n) is 9.38. The van der Waals surface area contributed by atoms with Crippen LogP contribution in [0.2, 0.25) is 0 Å². The summed E-state index contributed by atoms with van der Waals surface area (Å²) >= 11 is 3.29. The zero-order chi connectivity index (χ0) is 13.3. The van der Waals surface area contributed by atoms with E-state index in [0.29, 0.717) is 10.9 Å². The fourth-order valence-corrected chi connectivity index (χ4v) is 1.99. The van der Waals surface area contributed by atoms with Crippen molar-refractivity contribution in [2.75, 3.05) is 7.11 Å². The van der Waals surface area contributed by atoms with E-state index in [-0.39, 0.29) is 12.2 Å². The number of hydrogen-bond donors (Lipinski definition) is 1. The number of carbonyl (C=O) groups excluding carboxylic acids is 1. The quantitative estimate of drug-likeness (QED) is 0.872. The lowest BCUT2D eigenvalue weighted by Crippen LogP contribution is -2.11. The molecule has 1 N–H and O–H groups in total. The molecule has 0 fully saturated rings. The van der Waals surface area contributed by atoms with Gasteiger partial charge in [0.1, 0.15) is 6.54 Å². The summed E-state index contributed by atoms with van der Waals surface area (Å²) in [6, 6.07) is 5.15. The van der Waals surface area contributed by atoms with Crippen molar-refractivity contribution in [3.8, 4) is 0 Å². The highest BCUT2D eigenvalue weighted by atomic mass is 79.9. The summed E-state index contributed by atoms with van der Waals surface area (Å²) in [4.78, 5) is 22.3. The molecule has 94 valence electrons. The molecule has 0 bridgehead atoms. The highest BCUT2D eigenvalue weighted by Crippen LogP contribution is 2.23. The van der Waals surface area contributed by atoms with E-state index in [9.17, 15) is 9.59 Å². The van der Waals surface area contributed by atoms with Gasteiger partial charge in [0, 0.05) is 9.86 Å². The molecule has 0 unspecified atom stereocenters. The molecule has 0 amide bonds. The van der Waals surface area contributed by atoms with E-state index in [2.05, 4.69) is 25.8 Å². The van der Waals surface area contributed by atoms with E-state index in [4.69, 9.17) is 5.11 Å². The summed E-state index contributed by atoms with van der Waals surface area (Å²) in [5.41, 5.74) is 0.674. The average molecular weight is 313 g/mol. The van der Waals surface area contributed by atoms with Gasteiger partial charge in [-0.05, 0) is 18.2 Å². The van der Waals surface area contributed by atoms with Crippen LogP contribution in [0.5, 0.6) is 0 Å². The predicted molar refractivity (Wildman–Crippen MR) is 66.4 cm³/mol. The number of ether oxygens (including phenoxy) is 1. The van der Waals surface area contributed by atoms with E-state index < -0.39 is 11.9 Å². The Balaban J connectivity index is 2.66. The first-order valence-electron chi connectivity index (χ1n) is 4.99. The highest BCUT2D eigenvalue weighted by molar-refractivity contribution is 9.10. The van der Waals surface area contributed by atoms with Crippen LogP contribution in [0.1, 0.15) is 10.5 Å². The third kappa shape index (κ3) is 2.21. The fraction of sp³-hybridized carbons (Fsp3) is 0.182. The second-order valence-corrected chi connectivity index (χ2v) is 4.47. The first-order valence-corrected chi connectivity index (χ1v) is 5.78. The lowest BCUT2D eigenvalue weighted by atomic mass is 10.2. The van der Waals surface area contributed by atoms with E-state index in [1.165, 1.54) is 11.8 Å². The lowest BCUT2D eigenvalue weighted by molar-refractivity contribution is -0.137. The monoisotopic (exact) mass is 312 g/mol. The van der Waals surface area contributed by atoms with Gasteiger partial charge in [-0.1, -0.05) is 15.9 Å². The standard InChI is InChI=1S/C11H9BrN2O4/c1-18-11(17)10-7-3-2-6(12)4-8(7)14(13-10)5-9(15)16/h2-4H,5H2,1H3,(H,15,16).